The van der Waals surface area contributed by atoms with Crippen molar-refractivity contribution < 1.29 is 9.53 Å². The summed E-state index contributed by atoms with van der Waals surface area (Å²) in [6.07, 6.45) is 1.42. The van der Waals surface area contributed by atoms with Gasteiger partial charge < -0.3 is 9.72 Å². The molecule has 8 nitrogen and oxygen atoms in total. The minimum absolute atomic E-state index is 0.121. The summed E-state index contributed by atoms with van der Waals surface area (Å²) in [5.74, 6) is -0.103. The first kappa shape index (κ1) is 21.0. The van der Waals surface area contributed by atoms with E-state index in [1.54, 1.807) is 30.3 Å². The maximum atomic E-state index is 12.4. The number of hydrogen-bond acceptors (Lipinski definition) is 6. The first-order chi connectivity index (χ1) is 16.7. The highest BCUT2D eigenvalue weighted by Crippen LogP contribution is 2.24. The van der Waals surface area contributed by atoms with Gasteiger partial charge in [-0.2, -0.15) is 5.10 Å². The van der Waals surface area contributed by atoms with Gasteiger partial charge in [-0.1, -0.05) is 60.7 Å². The summed E-state index contributed by atoms with van der Waals surface area (Å²) in [4.78, 5) is 35.9. The predicted molar refractivity (Wildman–Crippen MR) is 130 cm³/mol. The van der Waals surface area contributed by atoms with Gasteiger partial charge in [0.25, 0.3) is 5.56 Å². The van der Waals surface area contributed by atoms with Crippen molar-refractivity contribution in [3.8, 4) is 5.75 Å². The molecule has 0 aliphatic heterocycles. The Bertz CT molecular complexity index is 1580. The summed E-state index contributed by atoms with van der Waals surface area (Å²) in [6, 6.07) is 26.1. The van der Waals surface area contributed by atoms with Gasteiger partial charge in [-0.05, 0) is 29.8 Å². The maximum absolute atomic E-state index is 12.4. The zero-order chi connectivity index (χ0) is 23.3. The van der Waals surface area contributed by atoms with E-state index in [9.17, 15) is 9.59 Å². The Hall–Kier alpha value is -4.85. The van der Waals surface area contributed by atoms with Crippen LogP contribution in [0.4, 0.5) is 0 Å². The van der Waals surface area contributed by atoms with Crippen molar-refractivity contribution in [1.82, 2.24) is 20.4 Å². The van der Waals surface area contributed by atoms with E-state index >= 15 is 0 Å². The Balaban J connectivity index is 1.33. The number of carbonyl (C=O) groups excluding carboxylic acids is 1. The molecular weight excluding hydrogens is 430 g/mol. The number of benzene rings is 3. The van der Waals surface area contributed by atoms with E-state index in [4.69, 9.17) is 4.74 Å². The molecule has 2 heterocycles. The summed E-state index contributed by atoms with van der Waals surface area (Å²) in [6.45, 7) is 0.424. The third kappa shape index (κ3) is 4.51. The van der Waals surface area contributed by atoms with Gasteiger partial charge in [0.05, 0.1) is 22.8 Å². The fraction of sp³-hybridized carbons (Fsp3) is 0.0385. The Labute approximate surface area is 194 Å². The fourth-order valence-corrected chi connectivity index (χ4v) is 3.46. The van der Waals surface area contributed by atoms with E-state index < -0.39 is 5.91 Å². The van der Waals surface area contributed by atoms with E-state index in [0.29, 0.717) is 34.5 Å². The van der Waals surface area contributed by atoms with E-state index in [1.807, 2.05) is 54.6 Å². The zero-order valence-corrected chi connectivity index (χ0v) is 17.9. The molecule has 5 aromatic rings. The van der Waals surface area contributed by atoms with Gasteiger partial charge in [0.2, 0.25) is 5.82 Å². The highest BCUT2D eigenvalue weighted by molar-refractivity contribution is 5.93. The fourth-order valence-electron chi connectivity index (χ4n) is 3.46. The molecule has 0 unspecified atom stereocenters. The predicted octanol–water partition coefficient (Wildman–Crippen LogP) is 3.81. The number of nitrogens with one attached hydrogen (secondary N) is 2. The number of ether oxygens (including phenoxy) is 1. The summed E-state index contributed by atoms with van der Waals surface area (Å²) in [7, 11) is 0. The molecule has 0 saturated heterocycles. The number of hydrazone groups is 1. The molecule has 0 bridgehead atoms. The number of aromatic nitrogens is 3. The van der Waals surface area contributed by atoms with Crippen LogP contribution in [0.1, 0.15) is 21.9 Å². The average Bonchev–Trinajstić information content (AvgIpc) is 2.88. The lowest BCUT2D eigenvalue weighted by molar-refractivity contribution is 0.0945. The Morgan fingerprint density at radius 1 is 0.941 bits per heavy atom. The SMILES string of the molecule is O=C(NN=Cc1ccc2cccc(OCc3ccccc3)c2n1)c1nc2ccccc2c(=O)[nH]1. The molecule has 0 radical (unpaired) electrons. The minimum atomic E-state index is -0.633. The standard InChI is InChI=1S/C26H19N5O3/c32-25-20-10-4-5-11-21(20)29-24(30-25)26(33)31-27-15-19-14-13-18-9-6-12-22(23(18)28-19)34-16-17-7-2-1-3-8-17/h1-15H,16H2,(H,31,33)(H,29,30,32). The molecular formula is C26H19N5O3. The number of aromatic amines is 1. The number of carbonyl (C=O) groups is 1. The summed E-state index contributed by atoms with van der Waals surface area (Å²) in [5, 5.41) is 5.30. The molecule has 0 aliphatic carbocycles. The van der Waals surface area contributed by atoms with E-state index in [-0.39, 0.29) is 11.4 Å². The average molecular weight is 449 g/mol. The normalized spacial score (nSPS) is 11.2. The first-order valence-electron chi connectivity index (χ1n) is 10.6. The summed E-state index contributed by atoms with van der Waals surface area (Å²) in [5.41, 5.74) is 4.69. The van der Waals surface area contributed by atoms with Crippen LogP contribution >= 0.6 is 0 Å². The number of H-pyrrole nitrogens is 1. The van der Waals surface area contributed by atoms with Gasteiger partial charge in [-0.3, -0.25) is 9.59 Å². The maximum Gasteiger partial charge on any atom is 0.307 e. The topological polar surface area (TPSA) is 109 Å². The lowest BCUT2D eigenvalue weighted by Crippen LogP contribution is -2.24. The second-order valence-corrected chi connectivity index (χ2v) is 7.47. The van der Waals surface area contributed by atoms with Gasteiger partial charge in [0.1, 0.15) is 17.9 Å². The molecule has 34 heavy (non-hydrogen) atoms. The van der Waals surface area contributed by atoms with Gasteiger partial charge in [-0.15, -0.1) is 0 Å². The van der Waals surface area contributed by atoms with Crippen LogP contribution in [0.5, 0.6) is 5.75 Å². The molecule has 0 aliphatic rings. The lowest BCUT2D eigenvalue weighted by atomic mass is 10.2. The summed E-state index contributed by atoms with van der Waals surface area (Å²) < 4.78 is 5.99. The number of hydrogen-bond donors (Lipinski definition) is 2. The molecule has 2 aromatic heterocycles. The Kier molecular flexibility index (Phi) is 5.77. The molecule has 3 aromatic carbocycles. The van der Waals surface area contributed by atoms with Crippen molar-refractivity contribution >= 4 is 33.9 Å². The quantitative estimate of drug-likeness (QED) is 0.303. The van der Waals surface area contributed by atoms with Crippen molar-refractivity contribution in [1.29, 1.82) is 0 Å². The van der Waals surface area contributed by atoms with Crippen LogP contribution in [0.3, 0.4) is 0 Å². The Morgan fingerprint density at radius 3 is 2.65 bits per heavy atom. The van der Waals surface area contributed by atoms with Gasteiger partial charge >= 0.3 is 5.91 Å². The van der Waals surface area contributed by atoms with Crippen molar-refractivity contribution in [2.45, 2.75) is 6.61 Å². The molecule has 166 valence electrons. The smallest absolute Gasteiger partial charge is 0.307 e. The van der Waals surface area contributed by atoms with Crippen LogP contribution in [0.25, 0.3) is 21.8 Å². The second kappa shape index (κ2) is 9.33. The molecule has 8 heteroatoms. The third-order valence-corrected chi connectivity index (χ3v) is 5.13. The van der Waals surface area contributed by atoms with Crippen molar-refractivity contribution in [2.75, 3.05) is 0 Å². The van der Waals surface area contributed by atoms with Crippen molar-refractivity contribution in [2.24, 2.45) is 5.10 Å². The molecule has 0 fully saturated rings. The molecule has 0 spiro atoms. The van der Waals surface area contributed by atoms with E-state index in [0.717, 1.165) is 10.9 Å². The van der Waals surface area contributed by atoms with Crippen LogP contribution < -0.4 is 15.7 Å². The first-order valence-corrected chi connectivity index (χ1v) is 10.6. The number of nitrogens with zero attached hydrogens (tertiary/aromatic N) is 3. The third-order valence-electron chi connectivity index (χ3n) is 5.13. The van der Waals surface area contributed by atoms with Gasteiger partial charge in [0.15, 0.2) is 0 Å². The van der Waals surface area contributed by atoms with Crippen LogP contribution in [0.15, 0.2) is 94.8 Å². The second-order valence-electron chi connectivity index (χ2n) is 7.47. The zero-order valence-electron chi connectivity index (χ0n) is 17.9. The van der Waals surface area contributed by atoms with Crippen molar-refractivity contribution in [3.63, 3.8) is 0 Å². The number of amides is 1. The van der Waals surface area contributed by atoms with Crippen molar-refractivity contribution in [3.05, 3.63) is 112 Å². The number of fused-ring (bicyclic) bond motifs is 2. The largest absolute Gasteiger partial charge is 0.487 e. The Morgan fingerprint density at radius 2 is 1.76 bits per heavy atom. The monoisotopic (exact) mass is 449 g/mol. The molecule has 0 saturated carbocycles. The van der Waals surface area contributed by atoms with Crippen LogP contribution in [0, 0.1) is 0 Å². The van der Waals surface area contributed by atoms with E-state index in [1.165, 1.54) is 6.21 Å². The van der Waals surface area contributed by atoms with Gasteiger partial charge in [-0.25, -0.2) is 15.4 Å². The number of pyridine rings is 1. The highest BCUT2D eigenvalue weighted by atomic mass is 16.5. The van der Waals surface area contributed by atoms with Gasteiger partial charge in [0, 0.05) is 5.39 Å². The number of rotatable bonds is 6. The van der Waals surface area contributed by atoms with E-state index in [2.05, 4.69) is 25.5 Å². The lowest BCUT2D eigenvalue weighted by Gasteiger charge is -2.09. The molecule has 2 N–H and O–H groups in total. The molecule has 5 rings (SSSR count). The van der Waals surface area contributed by atoms with Crippen LogP contribution in [-0.4, -0.2) is 27.1 Å². The molecule has 1 amide bonds. The van der Waals surface area contributed by atoms with Crippen LogP contribution in [-0.2, 0) is 6.61 Å². The minimum Gasteiger partial charge on any atom is -0.487 e. The summed E-state index contributed by atoms with van der Waals surface area (Å²) >= 11 is 0. The molecule has 0 atom stereocenters. The highest BCUT2D eigenvalue weighted by Gasteiger charge is 2.10. The van der Waals surface area contributed by atoms with Crippen LogP contribution in [0.2, 0.25) is 0 Å². The number of para-hydroxylation sites is 2.